The Hall–Kier alpha value is -4.08. The van der Waals surface area contributed by atoms with Crippen LogP contribution in [-0.2, 0) is 19.9 Å². The third-order valence-electron chi connectivity index (χ3n) is 5.58. The molecule has 4 amide bonds. The van der Waals surface area contributed by atoms with Crippen molar-refractivity contribution in [2.24, 2.45) is 0 Å². The third kappa shape index (κ3) is 4.52. The van der Waals surface area contributed by atoms with Crippen LogP contribution in [0.4, 0.5) is 10.5 Å². The number of fused-ring (bicyclic) bond motifs is 1. The molecule has 1 fully saturated rings. The number of nitrogens with zero attached hydrogens (tertiary/aromatic N) is 1. The van der Waals surface area contributed by atoms with Crippen LogP contribution >= 0.6 is 0 Å². The van der Waals surface area contributed by atoms with Gasteiger partial charge in [0.2, 0.25) is 5.91 Å². The van der Waals surface area contributed by atoms with Crippen molar-refractivity contribution < 1.29 is 33.4 Å². The molecule has 1 atom stereocenters. The monoisotopic (exact) mass is 467 g/mol. The second kappa shape index (κ2) is 9.42. The summed E-state index contributed by atoms with van der Waals surface area (Å²) in [6, 6.07) is 10.5. The van der Waals surface area contributed by atoms with Crippen LogP contribution in [0, 0.1) is 0 Å². The second-order valence-electron chi connectivity index (χ2n) is 8.00. The smallest absolute Gasteiger partial charge is 0.338 e. The van der Waals surface area contributed by atoms with E-state index in [-0.39, 0.29) is 6.61 Å². The number of amides is 4. The fourth-order valence-corrected chi connectivity index (χ4v) is 3.76. The van der Waals surface area contributed by atoms with Crippen molar-refractivity contribution in [3.63, 3.8) is 0 Å². The minimum absolute atomic E-state index is 0.258. The average molecular weight is 467 g/mol. The predicted octanol–water partition coefficient (Wildman–Crippen LogP) is 2.43. The lowest BCUT2D eigenvalue weighted by Gasteiger charge is -2.23. The first-order valence-corrected chi connectivity index (χ1v) is 10.9. The summed E-state index contributed by atoms with van der Waals surface area (Å²) in [6.45, 7) is 4.11. The van der Waals surface area contributed by atoms with Crippen LogP contribution in [0.15, 0.2) is 42.5 Å². The lowest BCUT2D eigenvalue weighted by molar-refractivity contribution is -0.133. The topological polar surface area (TPSA) is 123 Å². The predicted molar refractivity (Wildman–Crippen MR) is 121 cm³/mol. The molecule has 10 nitrogen and oxygen atoms in total. The minimum Gasteiger partial charge on any atom is -0.490 e. The number of rotatable bonds is 6. The van der Waals surface area contributed by atoms with E-state index < -0.39 is 35.9 Å². The first kappa shape index (κ1) is 23.1. The molecule has 0 bridgehead atoms. The van der Waals surface area contributed by atoms with Gasteiger partial charge in [0.05, 0.1) is 25.4 Å². The van der Waals surface area contributed by atoms with E-state index in [1.165, 1.54) is 24.3 Å². The van der Waals surface area contributed by atoms with Crippen molar-refractivity contribution in [2.75, 3.05) is 31.7 Å². The zero-order valence-electron chi connectivity index (χ0n) is 18.9. The summed E-state index contributed by atoms with van der Waals surface area (Å²) in [5.74, 6) is -0.503. The van der Waals surface area contributed by atoms with Crippen LogP contribution in [-0.4, -0.2) is 55.1 Å². The zero-order valence-corrected chi connectivity index (χ0v) is 18.9. The summed E-state index contributed by atoms with van der Waals surface area (Å²) in [6.07, 6.45) is 0.741. The van der Waals surface area contributed by atoms with Gasteiger partial charge < -0.3 is 24.8 Å². The van der Waals surface area contributed by atoms with E-state index in [0.29, 0.717) is 41.5 Å². The number of hydrogen-bond acceptors (Lipinski definition) is 7. The lowest BCUT2D eigenvalue weighted by atomic mass is 9.91. The summed E-state index contributed by atoms with van der Waals surface area (Å²) in [7, 11) is 0. The maximum atomic E-state index is 13.2. The van der Waals surface area contributed by atoms with E-state index in [1.807, 2.05) is 0 Å². The number of ether oxygens (including phenoxy) is 3. The quantitative estimate of drug-likeness (QED) is 0.494. The van der Waals surface area contributed by atoms with Gasteiger partial charge in [0.25, 0.3) is 5.91 Å². The first-order valence-electron chi connectivity index (χ1n) is 10.9. The van der Waals surface area contributed by atoms with Gasteiger partial charge in [-0.25, -0.2) is 9.59 Å². The van der Waals surface area contributed by atoms with Crippen LogP contribution in [0.25, 0.3) is 0 Å². The molecule has 2 aromatic carbocycles. The van der Waals surface area contributed by atoms with Crippen molar-refractivity contribution in [1.82, 2.24) is 10.2 Å². The fraction of sp³-hybridized carbons (Fsp3) is 0.333. The van der Waals surface area contributed by atoms with Crippen LogP contribution in [0.3, 0.4) is 0 Å². The van der Waals surface area contributed by atoms with Gasteiger partial charge in [0, 0.05) is 12.1 Å². The molecule has 2 aliphatic rings. The maximum Gasteiger partial charge on any atom is 0.338 e. The van der Waals surface area contributed by atoms with E-state index in [2.05, 4.69) is 10.6 Å². The summed E-state index contributed by atoms with van der Waals surface area (Å²) in [5, 5.41) is 5.30. The standard InChI is InChI=1S/C24H25N3O7/c1-3-32-21(29)15-5-8-17(9-6-15)25-20(28)14-27-22(30)24(2,26-23(27)31)16-7-10-18-19(13-16)34-12-4-11-33-18/h5-10,13H,3-4,11-12,14H2,1-2H3,(H,25,28)(H,26,31)/t24-/m0/s1. The van der Waals surface area contributed by atoms with Gasteiger partial charge in [0.15, 0.2) is 11.5 Å². The van der Waals surface area contributed by atoms with Gasteiger partial charge in [-0.15, -0.1) is 0 Å². The van der Waals surface area contributed by atoms with Crippen molar-refractivity contribution in [3.8, 4) is 11.5 Å². The zero-order chi connectivity index (χ0) is 24.3. The van der Waals surface area contributed by atoms with Gasteiger partial charge in [-0.2, -0.15) is 0 Å². The summed E-state index contributed by atoms with van der Waals surface area (Å²) < 4.78 is 16.2. The molecule has 4 rings (SSSR count). The molecule has 2 N–H and O–H groups in total. The molecular formula is C24H25N3O7. The molecular weight excluding hydrogens is 442 g/mol. The second-order valence-corrected chi connectivity index (χ2v) is 8.00. The molecule has 0 unspecified atom stereocenters. The summed E-state index contributed by atoms with van der Waals surface area (Å²) in [5.41, 5.74) is -0.0771. The molecule has 178 valence electrons. The number of imide groups is 1. The number of benzene rings is 2. The van der Waals surface area contributed by atoms with Crippen molar-refractivity contribution in [2.45, 2.75) is 25.8 Å². The molecule has 1 saturated heterocycles. The van der Waals surface area contributed by atoms with Crippen LogP contribution in [0.2, 0.25) is 0 Å². The highest BCUT2D eigenvalue weighted by molar-refractivity contribution is 6.10. The van der Waals surface area contributed by atoms with Gasteiger partial charge >= 0.3 is 12.0 Å². The Bertz CT molecular complexity index is 1130. The Morgan fingerprint density at radius 2 is 1.79 bits per heavy atom. The highest BCUT2D eigenvalue weighted by Crippen LogP contribution is 2.36. The van der Waals surface area contributed by atoms with Crippen molar-refractivity contribution in [3.05, 3.63) is 53.6 Å². The molecule has 2 aliphatic heterocycles. The maximum absolute atomic E-state index is 13.2. The molecule has 0 aliphatic carbocycles. The molecule has 0 saturated carbocycles. The molecule has 0 aromatic heterocycles. The fourth-order valence-electron chi connectivity index (χ4n) is 3.76. The Morgan fingerprint density at radius 1 is 1.09 bits per heavy atom. The molecule has 0 spiro atoms. The highest BCUT2D eigenvalue weighted by Gasteiger charge is 2.49. The average Bonchev–Trinajstić information content (AvgIpc) is 2.98. The van der Waals surface area contributed by atoms with E-state index in [9.17, 15) is 19.2 Å². The molecule has 2 aromatic rings. The molecule has 10 heteroatoms. The lowest BCUT2D eigenvalue weighted by Crippen LogP contribution is -2.42. The van der Waals surface area contributed by atoms with E-state index >= 15 is 0 Å². The number of nitrogens with one attached hydrogen (secondary N) is 2. The number of esters is 1. The van der Waals surface area contributed by atoms with Crippen LogP contribution in [0.1, 0.15) is 36.2 Å². The number of urea groups is 1. The third-order valence-corrected chi connectivity index (χ3v) is 5.58. The molecule has 0 radical (unpaired) electrons. The Morgan fingerprint density at radius 3 is 2.50 bits per heavy atom. The van der Waals surface area contributed by atoms with Crippen LogP contribution < -0.4 is 20.1 Å². The van der Waals surface area contributed by atoms with Gasteiger partial charge in [0.1, 0.15) is 12.1 Å². The summed E-state index contributed by atoms with van der Waals surface area (Å²) >= 11 is 0. The number of carbonyl (C=O) groups is 4. The van der Waals surface area contributed by atoms with Crippen molar-refractivity contribution in [1.29, 1.82) is 0 Å². The first-order chi connectivity index (χ1) is 16.3. The highest BCUT2D eigenvalue weighted by atomic mass is 16.5. The van der Waals surface area contributed by atoms with Gasteiger partial charge in [-0.3, -0.25) is 14.5 Å². The van der Waals surface area contributed by atoms with Crippen LogP contribution in [0.5, 0.6) is 11.5 Å². The normalized spacial score (nSPS) is 19.3. The van der Waals surface area contributed by atoms with Gasteiger partial charge in [-0.05, 0) is 55.8 Å². The van der Waals surface area contributed by atoms with E-state index in [1.54, 1.807) is 32.0 Å². The van der Waals surface area contributed by atoms with E-state index in [4.69, 9.17) is 14.2 Å². The SMILES string of the molecule is CCOC(=O)c1ccc(NC(=O)CN2C(=O)N[C@@](C)(c3ccc4c(c3)OCCCO4)C2=O)cc1. The number of carbonyl (C=O) groups excluding carboxylic acids is 4. The van der Waals surface area contributed by atoms with Crippen molar-refractivity contribution >= 4 is 29.5 Å². The van der Waals surface area contributed by atoms with E-state index in [0.717, 1.165) is 11.3 Å². The Kier molecular flexibility index (Phi) is 6.40. The molecule has 2 heterocycles. The Balaban J connectivity index is 1.44. The minimum atomic E-state index is -1.36. The molecule has 34 heavy (non-hydrogen) atoms. The van der Waals surface area contributed by atoms with Gasteiger partial charge in [-0.1, -0.05) is 6.07 Å². The largest absolute Gasteiger partial charge is 0.490 e. The Labute approximate surface area is 196 Å². The number of hydrogen-bond donors (Lipinski definition) is 2. The summed E-state index contributed by atoms with van der Waals surface area (Å²) in [4.78, 5) is 50.9. The number of anilines is 1.